The predicted molar refractivity (Wildman–Crippen MR) is 44.8 cm³/mol. The highest BCUT2D eigenvalue weighted by atomic mass is 16.6. The van der Waals surface area contributed by atoms with Crippen molar-refractivity contribution in [3.05, 3.63) is 11.4 Å². The molecule has 0 atom stereocenters. The topological polar surface area (TPSA) is 68.0 Å². The van der Waals surface area contributed by atoms with Crippen LogP contribution >= 0.6 is 0 Å². The van der Waals surface area contributed by atoms with Gasteiger partial charge in [-0.3, -0.25) is 4.79 Å². The molecule has 1 heterocycles. The molecule has 1 N–H and O–H groups in total. The largest absolute Gasteiger partial charge is 0.350 e. The quantitative estimate of drug-likeness (QED) is 0.529. The number of aromatic nitrogens is 2. The van der Waals surface area contributed by atoms with Crippen LogP contribution in [0.3, 0.4) is 0 Å². The Kier molecular flexibility index (Phi) is 3.03. The average Bonchev–Trinajstić information content (AvgIpc) is 2.52. The number of hydrogen-bond donors (Lipinski definition) is 1. The van der Waals surface area contributed by atoms with Gasteiger partial charge < -0.3 is 5.32 Å². The first-order valence-corrected chi connectivity index (χ1v) is 3.76. The second kappa shape index (κ2) is 4.26. The summed E-state index contributed by atoms with van der Waals surface area (Å²) in [4.78, 5) is 11.3. The minimum atomic E-state index is -0.311. The van der Waals surface area contributed by atoms with Crippen molar-refractivity contribution in [1.29, 1.82) is 0 Å². The lowest BCUT2D eigenvalue weighted by Crippen LogP contribution is -2.25. The van der Waals surface area contributed by atoms with Gasteiger partial charge in [-0.15, -0.1) is 12.3 Å². The van der Waals surface area contributed by atoms with Crippen molar-refractivity contribution in [3.8, 4) is 12.3 Å². The number of terminal acetylenes is 1. The van der Waals surface area contributed by atoms with E-state index in [1.165, 1.54) is 0 Å². The van der Waals surface area contributed by atoms with Crippen LogP contribution in [-0.4, -0.2) is 22.8 Å². The summed E-state index contributed by atoms with van der Waals surface area (Å²) in [6.07, 6.45) is 5.51. The number of rotatable bonds is 3. The van der Waals surface area contributed by atoms with Gasteiger partial charge in [-0.1, -0.05) is 5.16 Å². The molecule has 0 saturated heterocycles. The van der Waals surface area contributed by atoms with E-state index in [9.17, 15) is 4.79 Å². The number of aryl methyl sites for hydroxylation is 1. The molecule has 1 aromatic rings. The number of carbonyl (C=O) groups excluding carboxylic acids is 1. The van der Waals surface area contributed by atoms with Crippen LogP contribution in [-0.2, 0) is 0 Å². The Balaban J connectivity index is 2.50. The Labute approximate surface area is 75.5 Å². The number of amides is 1. The molecule has 1 amide bonds. The summed E-state index contributed by atoms with van der Waals surface area (Å²) < 4.78 is 4.37. The summed E-state index contributed by atoms with van der Waals surface area (Å²) >= 11 is 0. The van der Waals surface area contributed by atoms with E-state index in [1.54, 1.807) is 6.92 Å². The lowest BCUT2D eigenvalue weighted by atomic mass is 10.3. The van der Waals surface area contributed by atoms with Crippen molar-refractivity contribution in [1.82, 2.24) is 15.6 Å². The third kappa shape index (κ3) is 2.30. The van der Waals surface area contributed by atoms with Crippen LogP contribution in [0.5, 0.6) is 0 Å². The fraction of sp³-hybridized carbons (Fsp3) is 0.375. The number of nitrogens with one attached hydrogen (secondary N) is 1. The molecule has 0 radical (unpaired) electrons. The molecular formula is C8H9N3O2. The van der Waals surface area contributed by atoms with Crippen molar-refractivity contribution in [2.75, 3.05) is 6.54 Å². The second-order valence-corrected chi connectivity index (χ2v) is 2.41. The van der Waals surface area contributed by atoms with Gasteiger partial charge >= 0.3 is 0 Å². The van der Waals surface area contributed by atoms with E-state index in [1.807, 2.05) is 0 Å². The van der Waals surface area contributed by atoms with Gasteiger partial charge in [0.1, 0.15) is 5.69 Å². The third-order valence-electron chi connectivity index (χ3n) is 1.42. The van der Waals surface area contributed by atoms with E-state index >= 15 is 0 Å². The van der Waals surface area contributed by atoms with Crippen LogP contribution in [0.25, 0.3) is 0 Å². The Bertz CT molecular complexity index is 337. The van der Waals surface area contributed by atoms with Gasteiger partial charge in [0, 0.05) is 13.0 Å². The number of carbonyl (C=O) groups is 1. The van der Waals surface area contributed by atoms with Gasteiger partial charge in [-0.2, -0.15) is 0 Å². The van der Waals surface area contributed by atoms with Crippen LogP contribution in [0, 0.1) is 19.3 Å². The SMILES string of the molecule is C#CCCNC(=O)c1nonc1C. The molecule has 0 aliphatic heterocycles. The fourth-order valence-corrected chi connectivity index (χ4v) is 0.769. The van der Waals surface area contributed by atoms with Gasteiger partial charge in [0.25, 0.3) is 5.91 Å². The lowest BCUT2D eigenvalue weighted by Gasteiger charge is -1.97. The maximum atomic E-state index is 11.3. The van der Waals surface area contributed by atoms with E-state index < -0.39 is 0 Å². The molecule has 0 spiro atoms. The fourth-order valence-electron chi connectivity index (χ4n) is 0.769. The molecule has 5 nitrogen and oxygen atoms in total. The molecule has 0 aliphatic carbocycles. The predicted octanol–water partition coefficient (Wildman–Crippen LogP) is 0.131. The Hall–Kier alpha value is -1.83. The molecule has 0 bridgehead atoms. The summed E-state index contributed by atoms with van der Waals surface area (Å²) in [5.41, 5.74) is 0.676. The highest BCUT2D eigenvalue weighted by molar-refractivity contribution is 5.92. The van der Waals surface area contributed by atoms with E-state index in [0.717, 1.165) is 0 Å². The van der Waals surface area contributed by atoms with Gasteiger partial charge in [0.2, 0.25) is 0 Å². The molecule has 0 aromatic carbocycles. The van der Waals surface area contributed by atoms with E-state index in [2.05, 4.69) is 26.2 Å². The standard InChI is InChI=1S/C8H9N3O2/c1-3-4-5-9-8(12)7-6(2)10-13-11-7/h1H,4-5H2,2H3,(H,9,12). The van der Waals surface area contributed by atoms with E-state index in [-0.39, 0.29) is 11.6 Å². The van der Waals surface area contributed by atoms with Crippen LogP contribution in [0.4, 0.5) is 0 Å². The van der Waals surface area contributed by atoms with Crippen LogP contribution in [0.15, 0.2) is 4.63 Å². The highest BCUT2D eigenvalue weighted by Crippen LogP contribution is 1.99. The van der Waals surface area contributed by atoms with Gasteiger partial charge in [0.05, 0.1) is 0 Å². The van der Waals surface area contributed by atoms with E-state index in [0.29, 0.717) is 18.7 Å². The van der Waals surface area contributed by atoms with Crippen molar-refractivity contribution in [2.24, 2.45) is 0 Å². The highest BCUT2D eigenvalue weighted by Gasteiger charge is 2.13. The molecule has 0 unspecified atom stereocenters. The van der Waals surface area contributed by atoms with Gasteiger partial charge in [0.15, 0.2) is 5.69 Å². The summed E-state index contributed by atoms with van der Waals surface area (Å²) in [5.74, 6) is 2.10. The Morgan fingerprint density at radius 1 is 1.69 bits per heavy atom. The summed E-state index contributed by atoms with van der Waals surface area (Å²) in [6.45, 7) is 2.08. The zero-order valence-corrected chi connectivity index (χ0v) is 7.20. The van der Waals surface area contributed by atoms with Gasteiger partial charge in [-0.05, 0) is 12.1 Å². The normalized spacial score (nSPS) is 9.23. The zero-order chi connectivity index (χ0) is 9.68. The summed E-state index contributed by atoms with van der Waals surface area (Å²) in [6, 6.07) is 0. The zero-order valence-electron chi connectivity index (χ0n) is 7.20. The number of nitrogens with zero attached hydrogens (tertiary/aromatic N) is 2. The van der Waals surface area contributed by atoms with Crippen LogP contribution < -0.4 is 5.32 Å². The average molecular weight is 179 g/mol. The minimum Gasteiger partial charge on any atom is -0.350 e. The first kappa shape index (κ1) is 9.26. The Morgan fingerprint density at radius 2 is 2.46 bits per heavy atom. The third-order valence-corrected chi connectivity index (χ3v) is 1.42. The lowest BCUT2D eigenvalue weighted by molar-refractivity contribution is 0.0944. The van der Waals surface area contributed by atoms with Crippen LogP contribution in [0.2, 0.25) is 0 Å². The van der Waals surface area contributed by atoms with Crippen LogP contribution in [0.1, 0.15) is 22.6 Å². The molecule has 0 saturated carbocycles. The van der Waals surface area contributed by atoms with Crippen molar-refractivity contribution in [2.45, 2.75) is 13.3 Å². The maximum absolute atomic E-state index is 11.3. The Morgan fingerprint density at radius 3 is 3.00 bits per heavy atom. The first-order valence-electron chi connectivity index (χ1n) is 3.76. The summed E-state index contributed by atoms with van der Waals surface area (Å²) in [5, 5.41) is 9.51. The molecular weight excluding hydrogens is 170 g/mol. The monoisotopic (exact) mass is 179 g/mol. The smallest absolute Gasteiger partial charge is 0.275 e. The minimum absolute atomic E-state index is 0.206. The van der Waals surface area contributed by atoms with Crippen molar-refractivity contribution >= 4 is 5.91 Å². The first-order chi connectivity index (χ1) is 6.25. The maximum Gasteiger partial charge on any atom is 0.275 e. The molecule has 0 fully saturated rings. The molecule has 0 aliphatic rings. The van der Waals surface area contributed by atoms with Gasteiger partial charge in [-0.25, -0.2) is 4.63 Å². The molecule has 1 aromatic heterocycles. The summed E-state index contributed by atoms with van der Waals surface area (Å²) in [7, 11) is 0. The molecule has 1 rings (SSSR count). The second-order valence-electron chi connectivity index (χ2n) is 2.41. The molecule has 68 valence electrons. The van der Waals surface area contributed by atoms with E-state index in [4.69, 9.17) is 6.42 Å². The number of hydrogen-bond acceptors (Lipinski definition) is 4. The van der Waals surface area contributed by atoms with Crippen molar-refractivity contribution in [3.63, 3.8) is 0 Å². The molecule has 5 heteroatoms. The molecule has 13 heavy (non-hydrogen) atoms. The van der Waals surface area contributed by atoms with Crippen molar-refractivity contribution < 1.29 is 9.42 Å².